The van der Waals surface area contributed by atoms with Crippen LogP contribution in [0.1, 0.15) is 29.7 Å². The molecular weight excluding hydrogens is 399 g/mol. The Labute approximate surface area is 161 Å². The Morgan fingerprint density at radius 1 is 1.27 bits per heavy atom. The second-order valence-electron chi connectivity index (χ2n) is 6.90. The largest absolute Gasteiger partial charge is 0.490 e. The first-order chi connectivity index (χ1) is 12.7. The Hall–Kier alpha value is -1.50. The van der Waals surface area contributed by atoms with E-state index in [-0.39, 0.29) is 11.9 Å². The average Bonchev–Trinajstić information content (AvgIpc) is 2.64. The van der Waals surface area contributed by atoms with Gasteiger partial charge in [0.1, 0.15) is 17.7 Å². The third-order valence-corrected chi connectivity index (χ3v) is 5.40. The lowest BCUT2D eigenvalue weighted by Crippen LogP contribution is -2.31. The number of ether oxygens (including phenoxy) is 2. The van der Waals surface area contributed by atoms with Gasteiger partial charge in [-0.05, 0) is 45.8 Å². The van der Waals surface area contributed by atoms with E-state index >= 15 is 0 Å². The van der Waals surface area contributed by atoms with E-state index in [1.807, 2.05) is 6.20 Å². The first kappa shape index (κ1) is 17.9. The molecule has 4 nitrogen and oxygen atoms in total. The van der Waals surface area contributed by atoms with Gasteiger partial charge in [0.05, 0.1) is 13.2 Å². The zero-order valence-corrected chi connectivity index (χ0v) is 16.2. The van der Waals surface area contributed by atoms with Crippen LogP contribution >= 0.6 is 15.9 Å². The van der Waals surface area contributed by atoms with Crippen LogP contribution in [0, 0.1) is 5.82 Å². The minimum atomic E-state index is -0.221. The lowest BCUT2D eigenvalue weighted by Gasteiger charge is -2.30. The third kappa shape index (κ3) is 4.24. The minimum Gasteiger partial charge on any atom is -0.490 e. The van der Waals surface area contributed by atoms with Crippen LogP contribution in [-0.4, -0.2) is 35.7 Å². The molecule has 0 spiro atoms. The van der Waals surface area contributed by atoms with Gasteiger partial charge in [0.2, 0.25) is 0 Å². The molecule has 0 N–H and O–H groups in total. The van der Waals surface area contributed by atoms with E-state index in [0.29, 0.717) is 6.54 Å². The first-order valence-corrected chi connectivity index (χ1v) is 9.85. The summed E-state index contributed by atoms with van der Waals surface area (Å²) in [4.78, 5) is 6.82. The highest BCUT2D eigenvalue weighted by Crippen LogP contribution is 2.28. The molecule has 1 aromatic heterocycles. The van der Waals surface area contributed by atoms with Crippen LogP contribution in [0.2, 0.25) is 0 Å². The van der Waals surface area contributed by atoms with Crippen LogP contribution in [0.25, 0.3) is 0 Å². The van der Waals surface area contributed by atoms with Crippen molar-refractivity contribution in [3.63, 3.8) is 0 Å². The molecule has 2 aromatic rings. The molecule has 0 amide bonds. The highest BCUT2D eigenvalue weighted by Gasteiger charge is 2.21. The molecule has 2 aliphatic heterocycles. The zero-order valence-electron chi connectivity index (χ0n) is 14.6. The van der Waals surface area contributed by atoms with Crippen molar-refractivity contribution >= 4 is 15.9 Å². The standard InChI is InChI=1S/C20H22BrFN2O2/c21-16-9-14-12-24(6-3-19(14)23-11-16)13-15-10-17(22)1-2-20(15)26-18-4-7-25-8-5-18/h1-2,9-11,18H,3-8,12-13H2. The SMILES string of the molecule is Fc1ccc(OC2CCOCC2)c(CN2CCc3ncc(Br)cc3C2)c1. The highest BCUT2D eigenvalue weighted by molar-refractivity contribution is 9.10. The van der Waals surface area contributed by atoms with Crippen molar-refractivity contribution in [3.05, 3.63) is 57.6 Å². The summed E-state index contributed by atoms with van der Waals surface area (Å²) >= 11 is 3.49. The predicted octanol–water partition coefficient (Wildman–Crippen LogP) is 4.10. The number of hydrogen-bond donors (Lipinski definition) is 0. The van der Waals surface area contributed by atoms with Gasteiger partial charge >= 0.3 is 0 Å². The molecule has 0 saturated carbocycles. The van der Waals surface area contributed by atoms with E-state index in [9.17, 15) is 4.39 Å². The number of fused-ring (bicyclic) bond motifs is 1. The minimum absolute atomic E-state index is 0.148. The van der Waals surface area contributed by atoms with E-state index in [0.717, 1.165) is 67.0 Å². The fraction of sp³-hybridized carbons (Fsp3) is 0.450. The van der Waals surface area contributed by atoms with Crippen LogP contribution in [-0.2, 0) is 24.2 Å². The van der Waals surface area contributed by atoms with Crippen LogP contribution in [0.3, 0.4) is 0 Å². The fourth-order valence-electron chi connectivity index (χ4n) is 3.59. The number of hydrogen-bond acceptors (Lipinski definition) is 4. The zero-order chi connectivity index (χ0) is 17.9. The molecule has 4 rings (SSSR count). The maximum atomic E-state index is 13.9. The van der Waals surface area contributed by atoms with Crippen molar-refractivity contribution in [2.45, 2.75) is 38.5 Å². The topological polar surface area (TPSA) is 34.6 Å². The number of rotatable bonds is 4. The second-order valence-corrected chi connectivity index (χ2v) is 7.82. The van der Waals surface area contributed by atoms with E-state index in [1.54, 1.807) is 12.1 Å². The molecular formula is C20H22BrFN2O2. The van der Waals surface area contributed by atoms with Crippen molar-refractivity contribution < 1.29 is 13.9 Å². The molecule has 1 fully saturated rings. The Morgan fingerprint density at radius 2 is 2.12 bits per heavy atom. The fourth-order valence-corrected chi connectivity index (χ4v) is 3.97. The Morgan fingerprint density at radius 3 is 2.96 bits per heavy atom. The monoisotopic (exact) mass is 420 g/mol. The van der Waals surface area contributed by atoms with E-state index in [4.69, 9.17) is 9.47 Å². The Bertz CT molecular complexity index is 780. The number of nitrogens with zero attached hydrogens (tertiary/aromatic N) is 2. The van der Waals surface area contributed by atoms with Crippen molar-refractivity contribution in [1.82, 2.24) is 9.88 Å². The van der Waals surface area contributed by atoms with Crippen molar-refractivity contribution in [3.8, 4) is 5.75 Å². The second kappa shape index (κ2) is 8.03. The number of pyridine rings is 1. The van der Waals surface area contributed by atoms with Crippen LogP contribution in [0.15, 0.2) is 34.9 Å². The van der Waals surface area contributed by atoms with Crippen LogP contribution in [0.4, 0.5) is 4.39 Å². The van der Waals surface area contributed by atoms with Gasteiger partial charge in [0.15, 0.2) is 0 Å². The van der Waals surface area contributed by atoms with Gasteiger partial charge < -0.3 is 9.47 Å². The molecule has 1 saturated heterocycles. The van der Waals surface area contributed by atoms with Crippen LogP contribution < -0.4 is 4.74 Å². The first-order valence-electron chi connectivity index (χ1n) is 9.06. The summed E-state index contributed by atoms with van der Waals surface area (Å²) in [6.07, 6.45) is 4.67. The summed E-state index contributed by atoms with van der Waals surface area (Å²) in [5.41, 5.74) is 3.29. The predicted molar refractivity (Wildman–Crippen MR) is 101 cm³/mol. The van der Waals surface area contributed by atoms with Crippen molar-refractivity contribution in [2.24, 2.45) is 0 Å². The third-order valence-electron chi connectivity index (χ3n) is 4.96. The normalized spacial score (nSPS) is 18.5. The van der Waals surface area contributed by atoms with Crippen molar-refractivity contribution in [2.75, 3.05) is 19.8 Å². The Kier molecular flexibility index (Phi) is 5.52. The van der Waals surface area contributed by atoms with Crippen LogP contribution in [0.5, 0.6) is 5.75 Å². The molecule has 0 aliphatic carbocycles. The maximum absolute atomic E-state index is 13.9. The van der Waals surface area contributed by atoms with Crippen molar-refractivity contribution in [1.29, 1.82) is 0 Å². The molecule has 0 unspecified atom stereocenters. The highest BCUT2D eigenvalue weighted by atomic mass is 79.9. The number of aromatic nitrogens is 1. The summed E-state index contributed by atoms with van der Waals surface area (Å²) in [7, 11) is 0. The average molecular weight is 421 g/mol. The van der Waals surface area contributed by atoms with Gasteiger partial charge in [-0.15, -0.1) is 0 Å². The molecule has 0 radical (unpaired) electrons. The summed E-state index contributed by atoms with van der Waals surface area (Å²) in [6.45, 7) is 3.85. The number of benzene rings is 1. The number of halogens is 2. The van der Waals surface area contributed by atoms with Gasteiger partial charge in [-0.25, -0.2) is 4.39 Å². The smallest absolute Gasteiger partial charge is 0.124 e. The van der Waals surface area contributed by atoms with Gasteiger partial charge in [-0.2, -0.15) is 0 Å². The molecule has 1 aromatic carbocycles. The van der Waals surface area contributed by atoms with E-state index in [1.165, 1.54) is 11.6 Å². The molecule has 0 atom stereocenters. The summed E-state index contributed by atoms with van der Waals surface area (Å²) < 4.78 is 26.4. The van der Waals surface area contributed by atoms with Gasteiger partial charge in [0.25, 0.3) is 0 Å². The summed E-state index contributed by atoms with van der Waals surface area (Å²) in [5, 5.41) is 0. The van der Waals surface area contributed by atoms with Gasteiger partial charge in [0, 0.05) is 60.8 Å². The molecule has 0 bridgehead atoms. The lowest BCUT2D eigenvalue weighted by atomic mass is 10.0. The summed E-state index contributed by atoms with van der Waals surface area (Å²) in [5.74, 6) is 0.567. The van der Waals surface area contributed by atoms with Gasteiger partial charge in [-0.1, -0.05) is 0 Å². The molecule has 3 heterocycles. The molecule has 138 valence electrons. The maximum Gasteiger partial charge on any atom is 0.124 e. The molecule has 26 heavy (non-hydrogen) atoms. The lowest BCUT2D eigenvalue weighted by molar-refractivity contribution is 0.0248. The quantitative estimate of drug-likeness (QED) is 0.745. The van der Waals surface area contributed by atoms with E-state index < -0.39 is 0 Å². The van der Waals surface area contributed by atoms with Gasteiger partial charge in [-0.3, -0.25) is 9.88 Å². The van der Waals surface area contributed by atoms with E-state index in [2.05, 4.69) is 31.9 Å². The summed E-state index contributed by atoms with van der Waals surface area (Å²) in [6, 6.07) is 6.96. The molecule has 6 heteroatoms. The molecule has 2 aliphatic rings. The Balaban J connectivity index is 1.49.